The van der Waals surface area contributed by atoms with Crippen LogP contribution in [-0.4, -0.2) is 18.5 Å². The van der Waals surface area contributed by atoms with Crippen LogP contribution in [0.25, 0.3) is 0 Å². The molecule has 22 heavy (non-hydrogen) atoms. The summed E-state index contributed by atoms with van der Waals surface area (Å²) in [4.78, 5) is 24.1. The van der Waals surface area contributed by atoms with Crippen molar-refractivity contribution in [2.24, 2.45) is 5.92 Å². The zero-order valence-electron chi connectivity index (χ0n) is 13.0. The second kappa shape index (κ2) is 6.73. The fourth-order valence-corrected chi connectivity index (χ4v) is 2.51. The second-order valence-electron chi connectivity index (χ2n) is 5.86. The lowest BCUT2D eigenvalue weighted by atomic mass is 9.84. The van der Waals surface area contributed by atoms with E-state index in [2.05, 4.69) is 5.32 Å². The first-order chi connectivity index (χ1) is 10.4. The number of amides is 1. The molecule has 118 valence electrons. The van der Waals surface area contributed by atoms with E-state index < -0.39 is 17.7 Å². The van der Waals surface area contributed by atoms with Gasteiger partial charge in [0.25, 0.3) is 0 Å². The standard InChI is InChI=1S/C17H20FNO3/c1-10(2)9-22-17(21)16-11(3)19-15(20)8-13(16)12-6-4-5-7-14(12)18/h4-7,10,13H,8-9H2,1-3H3,(H,19,20). The number of esters is 1. The predicted molar refractivity (Wildman–Crippen MR) is 80.4 cm³/mol. The minimum Gasteiger partial charge on any atom is -0.462 e. The van der Waals surface area contributed by atoms with Gasteiger partial charge in [-0.3, -0.25) is 4.79 Å². The summed E-state index contributed by atoms with van der Waals surface area (Å²) in [5.74, 6) is -1.57. The van der Waals surface area contributed by atoms with Gasteiger partial charge in [0, 0.05) is 18.0 Å². The number of allylic oxidation sites excluding steroid dienone is 1. The molecule has 1 aliphatic heterocycles. The van der Waals surface area contributed by atoms with Gasteiger partial charge in [-0.1, -0.05) is 32.0 Å². The number of carbonyl (C=O) groups excluding carboxylic acids is 2. The molecule has 0 radical (unpaired) electrons. The minimum atomic E-state index is -0.616. The number of hydrogen-bond donors (Lipinski definition) is 1. The predicted octanol–water partition coefficient (Wildman–Crippen LogP) is 2.90. The van der Waals surface area contributed by atoms with E-state index in [4.69, 9.17) is 4.74 Å². The third-order valence-corrected chi connectivity index (χ3v) is 3.52. The lowest BCUT2D eigenvalue weighted by Crippen LogP contribution is -2.34. The van der Waals surface area contributed by atoms with Crippen molar-refractivity contribution in [1.29, 1.82) is 0 Å². The highest BCUT2D eigenvalue weighted by atomic mass is 19.1. The van der Waals surface area contributed by atoms with Crippen molar-refractivity contribution >= 4 is 11.9 Å². The molecular formula is C17H20FNO3. The molecule has 0 spiro atoms. The summed E-state index contributed by atoms with van der Waals surface area (Å²) in [7, 11) is 0. The van der Waals surface area contributed by atoms with E-state index in [0.717, 1.165) is 0 Å². The lowest BCUT2D eigenvalue weighted by Gasteiger charge is -2.27. The SMILES string of the molecule is CC1=C(C(=O)OCC(C)C)C(c2ccccc2F)CC(=O)N1. The number of ether oxygens (including phenoxy) is 1. The zero-order valence-corrected chi connectivity index (χ0v) is 13.0. The summed E-state index contributed by atoms with van der Waals surface area (Å²) in [6.07, 6.45) is 0.0321. The Morgan fingerprint density at radius 3 is 2.73 bits per heavy atom. The van der Waals surface area contributed by atoms with E-state index in [-0.39, 0.29) is 24.9 Å². The first-order valence-corrected chi connectivity index (χ1v) is 7.32. The van der Waals surface area contributed by atoms with Gasteiger partial charge in [0.15, 0.2) is 0 Å². The number of carbonyl (C=O) groups is 2. The molecule has 1 aromatic rings. The Balaban J connectivity index is 2.37. The van der Waals surface area contributed by atoms with Gasteiger partial charge in [-0.05, 0) is 24.5 Å². The third-order valence-electron chi connectivity index (χ3n) is 3.52. The van der Waals surface area contributed by atoms with Crippen LogP contribution in [0.15, 0.2) is 35.5 Å². The summed E-state index contributed by atoms with van der Waals surface area (Å²) in [5.41, 5.74) is 1.09. The molecule has 0 aromatic heterocycles. The van der Waals surface area contributed by atoms with Crippen LogP contribution in [0, 0.1) is 11.7 Å². The molecule has 1 aliphatic rings. The first-order valence-electron chi connectivity index (χ1n) is 7.32. The first kappa shape index (κ1) is 16.2. The maximum atomic E-state index is 14.1. The highest BCUT2D eigenvalue weighted by Crippen LogP contribution is 2.34. The molecule has 2 rings (SSSR count). The highest BCUT2D eigenvalue weighted by molar-refractivity contribution is 5.95. The molecule has 1 unspecified atom stereocenters. The van der Waals surface area contributed by atoms with Crippen LogP contribution in [0.1, 0.15) is 38.7 Å². The summed E-state index contributed by atoms with van der Waals surface area (Å²) in [6, 6.07) is 6.20. The second-order valence-corrected chi connectivity index (χ2v) is 5.86. The number of benzene rings is 1. The average molecular weight is 305 g/mol. The smallest absolute Gasteiger partial charge is 0.336 e. The van der Waals surface area contributed by atoms with Crippen LogP contribution < -0.4 is 5.32 Å². The van der Waals surface area contributed by atoms with Crippen molar-refractivity contribution in [3.8, 4) is 0 Å². The third kappa shape index (κ3) is 3.53. The Morgan fingerprint density at radius 1 is 1.41 bits per heavy atom. The number of halogens is 1. The maximum Gasteiger partial charge on any atom is 0.336 e. The van der Waals surface area contributed by atoms with Crippen molar-refractivity contribution in [3.63, 3.8) is 0 Å². The van der Waals surface area contributed by atoms with Crippen molar-refractivity contribution in [1.82, 2.24) is 5.32 Å². The fraction of sp³-hybridized carbons (Fsp3) is 0.412. The molecule has 0 saturated heterocycles. The van der Waals surface area contributed by atoms with Crippen LogP contribution in [0.2, 0.25) is 0 Å². The highest BCUT2D eigenvalue weighted by Gasteiger charge is 2.34. The van der Waals surface area contributed by atoms with Gasteiger partial charge in [0.1, 0.15) is 5.82 Å². The van der Waals surface area contributed by atoms with Gasteiger partial charge < -0.3 is 10.1 Å². The minimum absolute atomic E-state index is 0.0321. The Bertz CT molecular complexity index is 622. The van der Waals surface area contributed by atoms with Crippen LogP contribution >= 0.6 is 0 Å². The van der Waals surface area contributed by atoms with Gasteiger partial charge in [0.05, 0.1) is 12.2 Å². The Kier molecular flexibility index (Phi) is 4.96. The quantitative estimate of drug-likeness (QED) is 0.870. The summed E-state index contributed by atoms with van der Waals surface area (Å²) in [6.45, 7) is 5.79. The van der Waals surface area contributed by atoms with Crippen molar-refractivity contribution in [3.05, 3.63) is 46.9 Å². The van der Waals surface area contributed by atoms with E-state index in [1.54, 1.807) is 25.1 Å². The Hall–Kier alpha value is -2.17. The molecule has 0 aliphatic carbocycles. The molecule has 1 aromatic carbocycles. The number of hydrogen-bond acceptors (Lipinski definition) is 3. The molecule has 1 atom stereocenters. The molecule has 5 heteroatoms. The summed E-state index contributed by atoms with van der Waals surface area (Å²) < 4.78 is 19.3. The molecule has 0 saturated carbocycles. The van der Waals surface area contributed by atoms with Gasteiger partial charge in [-0.15, -0.1) is 0 Å². The summed E-state index contributed by atoms with van der Waals surface area (Å²) >= 11 is 0. The average Bonchev–Trinajstić information content (AvgIpc) is 2.44. The normalized spacial score (nSPS) is 18.4. The van der Waals surface area contributed by atoms with E-state index in [1.807, 2.05) is 13.8 Å². The molecule has 1 N–H and O–H groups in total. The van der Waals surface area contributed by atoms with Crippen LogP contribution in [0.5, 0.6) is 0 Å². The van der Waals surface area contributed by atoms with E-state index in [9.17, 15) is 14.0 Å². The largest absolute Gasteiger partial charge is 0.462 e. The molecule has 0 bridgehead atoms. The Morgan fingerprint density at radius 2 is 2.09 bits per heavy atom. The van der Waals surface area contributed by atoms with Crippen molar-refractivity contribution in [2.45, 2.75) is 33.1 Å². The number of rotatable bonds is 4. The molecule has 1 heterocycles. The zero-order chi connectivity index (χ0) is 16.3. The van der Waals surface area contributed by atoms with E-state index in [0.29, 0.717) is 16.8 Å². The van der Waals surface area contributed by atoms with E-state index >= 15 is 0 Å². The van der Waals surface area contributed by atoms with Crippen molar-refractivity contribution in [2.75, 3.05) is 6.61 Å². The topological polar surface area (TPSA) is 55.4 Å². The van der Waals surface area contributed by atoms with E-state index in [1.165, 1.54) is 6.07 Å². The molecule has 4 nitrogen and oxygen atoms in total. The molecule has 0 fully saturated rings. The molecular weight excluding hydrogens is 285 g/mol. The lowest BCUT2D eigenvalue weighted by molar-refractivity contribution is -0.140. The van der Waals surface area contributed by atoms with Crippen LogP contribution in [0.3, 0.4) is 0 Å². The maximum absolute atomic E-state index is 14.1. The van der Waals surface area contributed by atoms with Gasteiger partial charge >= 0.3 is 5.97 Å². The Labute approximate surface area is 129 Å². The monoisotopic (exact) mass is 305 g/mol. The van der Waals surface area contributed by atoms with Crippen LogP contribution in [-0.2, 0) is 14.3 Å². The van der Waals surface area contributed by atoms with Crippen molar-refractivity contribution < 1.29 is 18.7 Å². The van der Waals surface area contributed by atoms with Crippen LogP contribution in [0.4, 0.5) is 4.39 Å². The number of nitrogens with one attached hydrogen (secondary N) is 1. The van der Waals surface area contributed by atoms with Gasteiger partial charge in [-0.2, -0.15) is 0 Å². The summed E-state index contributed by atoms with van der Waals surface area (Å²) in [5, 5.41) is 2.63. The fourth-order valence-electron chi connectivity index (χ4n) is 2.51. The van der Waals surface area contributed by atoms with Gasteiger partial charge in [0.2, 0.25) is 5.91 Å². The van der Waals surface area contributed by atoms with Gasteiger partial charge in [-0.25, -0.2) is 9.18 Å². The molecule has 1 amide bonds.